The molecular weight excluding hydrogens is 1460 g/mol. The summed E-state index contributed by atoms with van der Waals surface area (Å²) in [6.45, 7) is 55.5. The molecule has 18 bridgehead atoms. The fourth-order valence-electron chi connectivity index (χ4n) is 17.9. The van der Waals surface area contributed by atoms with Gasteiger partial charge in [0.2, 0.25) is 0 Å². The summed E-state index contributed by atoms with van der Waals surface area (Å²) >= 11 is 0. The molecule has 598 valence electrons. The highest BCUT2D eigenvalue weighted by atomic mass is 14.8. The predicted octanol–water partition coefficient (Wildman–Crippen LogP) is 29.7. The van der Waals surface area contributed by atoms with E-state index in [1.165, 1.54) is 44.5 Å². The number of fused-ring (bicyclic) bond motifs is 18. The predicted molar refractivity (Wildman–Crippen MR) is 509 cm³/mol. The van der Waals surface area contributed by atoms with Gasteiger partial charge in [0.1, 0.15) is 0 Å². The zero-order valence-corrected chi connectivity index (χ0v) is 74.2. The minimum Gasteiger partial charge on any atom is -0.354 e. The molecule has 0 amide bonds. The Labute approximate surface area is 705 Å². The molecule has 0 saturated carbocycles. The SMILES string of the molecule is CC(C)(C)c1cc(-c2c3cc4c5cc6nc5c5c7cc(c([nH]7)c(-c7cc(C(C)(C)C)cc(C(C)(C)C)c7)c7nc(c(-c8ccc(C#N)cc8)c8ccc([nH]8)c6-c6cc(C(C)(C)C)cc(C(C)(C)C)c6)C=C7)c6cc([nH]c6c(-c6cc(C(C)(C)C)cc(C(C)(C)C)c6)c6nc(c(-c7ccc(C#N)cc7)c7ccc2[nH]7)C=C6)c5c4n3)cc(C(C)(C)C)c1. The van der Waals surface area contributed by atoms with Crippen LogP contribution in [0.4, 0.5) is 0 Å². The Morgan fingerprint density at radius 1 is 0.233 bits per heavy atom. The van der Waals surface area contributed by atoms with Crippen LogP contribution in [0.25, 0.3) is 190 Å². The van der Waals surface area contributed by atoms with Crippen LogP contribution in [-0.2, 0) is 43.3 Å². The van der Waals surface area contributed by atoms with E-state index >= 15 is 0 Å². The number of nitrogens with zero attached hydrogens (tertiary/aromatic N) is 6. The third-order valence-electron chi connectivity index (χ3n) is 25.2. The molecule has 0 atom stereocenters. The summed E-state index contributed by atoms with van der Waals surface area (Å²) in [7, 11) is 0. The summed E-state index contributed by atoms with van der Waals surface area (Å²) in [6, 6.07) is 68.0. The smallest absolute Gasteiger partial charge is 0.0991 e. The summed E-state index contributed by atoms with van der Waals surface area (Å²) in [5.74, 6) is 0. The van der Waals surface area contributed by atoms with E-state index in [-0.39, 0.29) is 43.3 Å². The lowest BCUT2D eigenvalue weighted by molar-refractivity contribution is 0.568. The van der Waals surface area contributed by atoms with Gasteiger partial charge in [0, 0.05) is 98.8 Å². The van der Waals surface area contributed by atoms with E-state index in [1.807, 2.05) is 24.3 Å². The first kappa shape index (κ1) is 78.7. The van der Waals surface area contributed by atoms with Crippen molar-refractivity contribution in [1.29, 1.82) is 10.5 Å². The first-order chi connectivity index (χ1) is 56.3. The Kier molecular flexibility index (Phi) is 17.7. The van der Waals surface area contributed by atoms with Gasteiger partial charge in [0.05, 0.1) is 79.1 Å². The van der Waals surface area contributed by atoms with Gasteiger partial charge in [0.15, 0.2) is 0 Å². The Balaban J connectivity index is 1.18. The fraction of sp³-hybridized carbons (Fsp3) is 0.291. The number of benzene rings is 7. The van der Waals surface area contributed by atoms with Crippen molar-refractivity contribution in [2.24, 2.45) is 0 Å². The normalized spacial score (nSPS) is 13.4. The number of aromatic nitrogens is 8. The number of nitriles is 2. The van der Waals surface area contributed by atoms with E-state index in [1.54, 1.807) is 0 Å². The van der Waals surface area contributed by atoms with Crippen molar-refractivity contribution in [2.75, 3.05) is 0 Å². The highest BCUT2D eigenvalue weighted by Gasteiger charge is 2.33. The summed E-state index contributed by atoms with van der Waals surface area (Å²) < 4.78 is 0. The molecule has 18 rings (SSSR count). The number of aromatic amines is 4. The van der Waals surface area contributed by atoms with Crippen LogP contribution in [0, 0.1) is 22.7 Å². The lowest BCUT2D eigenvalue weighted by Crippen LogP contribution is -2.16. The molecule has 8 aromatic carbocycles. The first-order valence-corrected chi connectivity index (χ1v) is 42.5. The molecule has 2 aliphatic rings. The molecule has 16 aromatic rings. The Hall–Kier alpha value is -12.5. The van der Waals surface area contributed by atoms with Crippen molar-refractivity contribution in [3.05, 3.63) is 248 Å². The van der Waals surface area contributed by atoms with E-state index < -0.39 is 0 Å². The maximum atomic E-state index is 10.4. The first-order valence-electron chi connectivity index (χ1n) is 42.5. The van der Waals surface area contributed by atoms with Crippen molar-refractivity contribution >= 4 is 123 Å². The number of rotatable bonds is 6. The minimum absolute atomic E-state index is 0.231. The third-order valence-corrected chi connectivity index (χ3v) is 25.2. The topological polar surface area (TPSA) is 162 Å². The largest absolute Gasteiger partial charge is 0.354 e. The molecular formula is C110H108N10. The van der Waals surface area contributed by atoms with Crippen molar-refractivity contribution in [3.63, 3.8) is 0 Å². The maximum absolute atomic E-state index is 10.4. The number of H-pyrrole nitrogens is 4. The van der Waals surface area contributed by atoms with Gasteiger partial charge < -0.3 is 19.9 Å². The van der Waals surface area contributed by atoms with Crippen LogP contribution in [0.15, 0.2) is 170 Å². The lowest BCUT2D eigenvalue weighted by atomic mass is 9.78. The maximum Gasteiger partial charge on any atom is 0.0991 e. The highest BCUT2D eigenvalue weighted by Crippen LogP contribution is 2.51. The zero-order chi connectivity index (χ0) is 85.1. The van der Waals surface area contributed by atoms with Gasteiger partial charge in [-0.3, -0.25) is 0 Å². The van der Waals surface area contributed by atoms with Crippen LogP contribution in [-0.4, -0.2) is 39.9 Å². The molecule has 8 aromatic heterocycles. The van der Waals surface area contributed by atoms with Gasteiger partial charge in [-0.05, 0) is 218 Å². The van der Waals surface area contributed by atoms with Crippen molar-refractivity contribution in [3.8, 4) is 78.9 Å². The molecule has 2 aliphatic heterocycles. The molecule has 4 N–H and O–H groups in total. The van der Waals surface area contributed by atoms with Gasteiger partial charge in [-0.25, -0.2) is 19.9 Å². The molecule has 10 heteroatoms. The fourth-order valence-corrected chi connectivity index (χ4v) is 17.9. The highest BCUT2D eigenvalue weighted by molar-refractivity contribution is 6.35. The Morgan fingerprint density at radius 3 is 0.742 bits per heavy atom. The quantitative estimate of drug-likeness (QED) is 0.130. The second-order valence-corrected chi connectivity index (χ2v) is 42.3. The Morgan fingerprint density at radius 2 is 0.483 bits per heavy atom. The van der Waals surface area contributed by atoms with E-state index in [0.717, 1.165) is 188 Å². The third kappa shape index (κ3) is 13.6. The molecule has 0 unspecified atom stereocenters. The van der Waals surface area contributed by atoms with Crippen LogP contribution in [0.5, 0.6) is 0 Å². The summed E-state index contributed by atoms with van der Waals surface area (Å²) in [4.78, 5) is 41.9. The summed E-state index contributed by atoms with van der Waals surface area (Å²) in [6.07, 6.45) is 8.81. The van der Waals surface area contributed by atoms with E-state index in [9.17, 15) is 10.5 Å². The number of hydrogen-bond acceptors (Lipinski definition) is 6. The average Bonchev–Trinajstić information content (AvgIpc) is 1.54. The van der Waals surface area contributed by atoms with Crippen LogP contribution in [0.1, 0.15) is 245 Å². The molecule has 10 nitrogen and oxygen atoms in total. The molecule has 0 fully saturated rings. The molecule has 120 heavy (non-hydrogen) atoms. The molecule has 0 radical (unpaired) electrons. The van der Waals surface area contributed by atoms with Crippen molar-refractivity contribution in [1.82, 2.24) is 39.9 Å². The Bertz CT molecular complexity index is 6810. The second-order valence-electron chi connectivity index (χ2n) is 42.3. The van der Waals surface area contributed by atoms with Crippen LogP contribution in [0.3, 0.4) is 0 Å². The van der Waals surface area contributed by atoms with Crippen LogP contribution < -0.4 is 0 Å². The zero-order valence-electron chi connectivity index (χ0n) is 74.2. The minimum atomic E-state index is -0.262. The summed E-state index contributed by atoms with van der Waals surface area (Å²) in [5, 5.41) is 26.5. The standard InChI is InChI=1S/C110H108N10/c1-103(2,3)67-41-63(42-68(49-67)104(4,5)6)93-83-35-33-79(113-83)91(61-29-25-59(57-111)26-30-61)81-37-39-85(115-81)95(65-45-71(107(13,14)15)51-72(46-65)108(16,17)18)99-75-55-89(119-99)97-98-90-56-76(75)100(120-90)96(66-47-73(109(19,20)21)52-74(48-66)110(22,23)24)86-40-38-82(116-86)92(62-31-27-60(58-112)28-32-62)80-34-36-84(114-80)94(64-43-69(105(7,8)9)50-70(44-64)106(10,11)12)88-54-78(102(98)118-88)77-53-87(93)117-101(77)97/h25-56,113-114,119-120H,1-24H3. The lowest BCUT2D eigenvalue weighted by Gasteiger charge is -2.26. The van der Waals surface area contributed by atoms with Crippen LogP contribution >= 0.6 is 0 Å². The number of nitrogens with one attached hydrogen (secondary N) is 4. The monoisotopic (exact) mass is 1570 g/mol. The van der Waals surface area contributed by atoms with E-state index in [2.05, 4.69) is 368 Å². The molecule has 0 saturated heterocycles. The summed E-state index contributed by atoms with van der Waals surface area (Å²) in [5.41, 5.74) is 33.7. The van der Waals surface area contributed by atoms with E-state index in [0.29, 0.717) is 11.1 Å². The molecule has 0 aliphatic carbocycles. The van der Waals surface area contributed by atoms with Gasteiger partial charge in [-0.2, -0.15) is 10.5 Å². The van der Waals surface area contributed by atoms with E-state index in [4.69, 9.17) is 19.9 Å². The molecule has 0 spiro atoms. The van der Waals surface area contributed by atoms with Gasteiger partial charge >= 0.3 is 0 Å². The van der Waals surface area contributed by atoms with Gasteiger partial charge in [0.25, 0.3) is 0 Å². The molecule has 10 heterocycles. The second kappa shape index (κ2) is 27.0. The van der Waals surface area contributed by atoms with Gasteiger partial charge in [-0.15, -0.1) is 0 Å². The van der Waals surface area contributed by atoms with Crippen molar-refractivity contribution in [2.45, 2.75) is 209 Å². The van der Waals surface area contributed by atoms with Crippen molar-refractivity contribution < 1.29 is 0 Å². The van der Waals surface area contributed by atoms with Gasteiger partial charge in [-0.1, -0.05) is 263 Å². The average molecular weight is 1570 g/mol. The number of hydrogen-bond donors (Lipinski definition) is 4. The van der Waals surface area contributed by atoms with Crippen LogP contribution in [0.2, 0.25) is 0 Å².